The lowest BCUT2D eigenvalue weighted by molar-refractivity contribution is 0.324. The quantitative estimate of drug-likeness (QED) is 0.323. The predicted molar refractivity (Wildman–Crippen MR) is 138 cm³/mol. The molecule has 1 fully saturated rings. The Hall–Kier alpha value is -3.63. The smallest absolute Gasteiger partial charge is 0.299 e. The first-order chi connectivity index (χ1) is 16.8. The summed E-state index contributed by atoms with van der Waals surface area (Å²) in [6.45, 7) is 3.54. The molecule has 0 aliphatic heterocycles. The SMILES string of the molecule is CC(C)NS(=O)(=O)Nc1ccc(-c2c(N)c3ccc(Oc4cnccn4)cc3n2C2CCC2)cc1. The molecule has 4 N–H and O–H groups in total. The molecular weight excluding hydrogens is 464 g/mol. The zero-order valence-electron chi connectivity index (χ0n) is 19.6. The average molecular weight is 493 g/mol. The molecule has 2 heterocycles. The summed E-state index contributed by atoms with van der Waals surface area (Å²) in [5.74, 6) is 1.08. The van der Waals surface area contributed by atoms with Gasteiger partial charge in [0.05, 0.1) is 23.1 Å². The third kappa shape index (κ3) is 4.80. The molecule has 2 aromatic heterocycles. The minimum atomic E-state index is -3.64. The van der Waals surface area contributed by atoms with Gasteiger partial charge in [0.2, 0.25) is 5.88 Å². The summed E-state index contributed by atoms with van der Waals surface area (Å²) in [6.07, 6.45) is 8.07. The lowest BCUT2D eigenvalue weighted by Gasteiger charge is -2.30. The molecule has 0 atom stereocenters. The van der Waals surface area contributed by atoms with Gasteiger partial charge >= 0.3 is 0 Å². The van der Waals surface area contributed by atoms with Crippen LogP contribution in [-0.4, -0.2) is 29.0 Å². The normalized spacial score (nSPS) is 14.3. The van der Waals surface area contributed by atoms with Crippen LogP contribution in [0.4, 0.5) is 11.4 Å². The van der Waals surface area contributed by atoms with Gasteiger partial charge in [0.15, 0.2) is 0 Å². The van der Waals surface area contributed by atoms with Gasteiger partial charge in [-0.15, -0.1) is 0 Å². The molecule has 10 heteroatoms. The molecule has 9 nitrogen and oxygen atoms in total. The molecule has 5 rings (SSSR count). The molecule has 1 aliphatic rings. The van der Waals surface area contributed by atoms with Gasteiger partial charge in [-0.25, -0.2) is 4.98 Å². The summed E-state index contributed by atoms with van der Waals surface area (Å²) < 4.78 is 37.7. The van der Waals surface area contributed by atoms with E-state index in [4.69, 9.17) is 10.5 Å². The number of anilines is 2. The van der Waals surface area contributed by atoms with Crippen molar-refractivity contribution in [3.8, 4) is 22.9 Å². The third-order valence-corrected chi connectivity index (χ3v) is 7.30. The summed E-state index contributed by atoms with van der Waals surface area (Å²) in [4.78, 5) is 8.24. The van der Waals surface area contributed by atoms with Gasteiger partial charge in [0, 0.05) is 47.2 Å². The van der Waals surface area contributed by atoms with Gasteiger partial charge in [-0.05, 0) is 57.4 Å². The summed E-state index contributed by atoms with van der Waals surface area (Å²) in [5, 5.41) is 0.948. The first-order valence-electron chi connectivity index (χ1n) is 11.6. The number of nitrogens with two attached hydrogens (primary N) is 1. The number of aromatic nitrogens is 3. The highest BCUT2D eigenvalue weighted by atomic mass is 32.2. The molecule has 0 unspecified atom stereocenters. The van der Waals surface area contributed by atoms with Gasteiger partial charge in [0.25, 0.3) is 10.2 Å². The summed E-state index contributed by atoms with van der Waals surface area (Å²) in [7, 11) is -3.64. The van der Waals surface area contributed by atoms with Crippen molar-refractivity contribution in [3.05, 3.63) is 61.1 Å². The summed E-state index contributed by atoms with van der Waals surface area (Å²) >= 11 is 0. The van der Waals surface area contributed by atoms with E-state index in [9.17, 15) is 8.42 Å². The Kier molecular flexibility index (Phi) is 6.08. The van der Waals surface area contributed by atoms with E-state index in [0.717, 1.165) is 35.0 Å². The minimum absolute atomic E-state index is 0.201. The van der Waals surface area contributed by atoms with Crippen LogP contribution in [0.15, 0.2) is 61.1 Å². The molecule has 182 valence electrons. The van der Waals surface area contributed by atoms with Crippen LogP contribution in [0.2, 0.25) is 0 Å². The Bertz CT molecular complexity index is 1450. The zero-order chi connectivity index (χ0) is 24.6. The number of nitrogens with one attached hydrogen (secondary N) is 2. The van der Waals surface area contributed by atoms with Crippen molar-refractivity contribution in [2.45, 2.75) is 45.2 Å². The number of ether oxygens (including phenoxy) is 1. The number of nitrogen functional groups attached to an aromatic ring is 1. The van der Waals surface area contributed by atoms with Crippen molar-refractivity contribution in [1.82, 2.24) is 19.3 Å². The van der Waals surface area contributed by atoms with Crippen LogP contribution >= 0.6 is 0 Å². The lowest BCUT2D eigenvalue weighted by atomic mass is 9.92. The van der Waals surface area contributed by atoms with E-state index in [0.29, 0.717) is 29.0 Å². The van der Waals surface area contributed by atoms with E-state index < -0.39 is 10.2 Å². The van der Waals surface area contributed by atoms with Crippen molar-refractivity contribution < 1.29 is 13.2 Å². The first kappa shape index (κ1) is 23.1. The van der Waals surface area contributed by atoms with Gasteiger partial charge in [-0.3, -0.25) is 9.71 Å². The molecule has 35 heavy (non-hydrogen) atoms. The largest absolute Gasteiger partial charge is 0.437 e. The maximum Gasteiger partial charge on any atom is 0.299 e. The van der Waals surface area contributed by atoms with Crippen molar-refractivity contribution in [3.63, 3.8) is 0 Å². The van der Waals surface area contributed by atoms with Gasteiger partial charge in [-0.1, -0.05) is 12.1 Å². The van der Waals surface area contributed by atoms with E-state index >= 15 is 0 Å². The maximum atomic E-state index is 12.2. The molecule has 0 bridgehead atoms. The standard InChI is InChI=1S/C25H28N6O3S/c1-16(2)29-35(32,33)30-18-8-6-17(7-9-18)25-24(26)21-11-10-20(34-23-15-27-12-13-28-23)14-22(21)31(25)19-4-3-5-19/h6-16,19,29-30H,3-5,26H2,1-2H3. The van der Waals surface area contributed by atoms with E-state index in [1.807, 2.05) is 30.3 Å². The highest BCUT2D eigenvalue weighted by Gasteiger charge is 2.27. The van der Waals surface area contributed by atoms with Crippen LogP contribution in [-0.2, 0) is 10.2 Å². The van der Waals surface area contributed by atoms with E-state index in [1.54, 1.807) is 44.6 Å². The fourth-order valence-corrected chi connectivity index (χ4v) is 5.47. The number of rotatable bonds is 8. The van der Waals surface area contributed by atoms with Crippen LogP contribution in [0.3, 0.4) is 0 Å². The third-order valence-electron chi connectivity index (χ3n) is 6.02. The van der Waals surface area contributed by atoms with Gasteiger partial charge in [-0.2, -0.15) is 13.1 Å². The van der Waals surface area contributed by atoms with Gasteiger partial charge < -0.3 is 15.0 Å². The van der Waals surface area contributed by atoms with Gasteiger partial charge in [0.1, 0.15) is 5.75 Å². The van der Waals surface area contributed by atoms with Crippen molar-refractivity contribution in [2.24, 2.45) is 0 Å². The Morgan fingerprint density at radius 3 is 2.51 bits per heavy atom. The molecule has 1 aliphatic carbocycles. The highest BCUT2D eigenvalue weighted by molar-refractivity contribution is 7.90. The fraction of sp³-hybridized carbons (Fsp3) is 0.280. The molecule has 0 spiro atoms. The van der Waals surface area contributed by atoms with E-state index in [2.05, 4.69) is 24.0 Å². The molecule has 0 amide bonds. The van der Waals surface area contributed by atoms with Crippen LogP contribution in [0.5, 0.6) is 11.6 Å². The Balaban J connectivity index is 1.52. The second kappa shape index (κ2) is 9.20. The highest BCUT2D eigenvalue weighted by Crippen LogP contribution is 2.45. The Morgan fingerprint density at radius 2 is 1.89 bits per heavy atom. The van der Waals surface area contributed by atoms with Crippen molar-refractivity contribution >= 4 is 32.5 Å². The maximum absolute atomic E-state index is 12.2. The van der Waals surface area contributed by atoms with Crippen molar-refractivity contribution in [1.29, 1.82) is 0 Å². The number of nitrogens with zero attached hydrogens (tertiary/aromatic N) is 3. The second-order valence-corrected chi connectivity index (χ2v) is 10.4. The summed E-state index contributed by atoms with van der Waals surface area (Å²) in [6, 6.07) is 13.3. The average Bonchev–Trinajstić information content (AvgIpc) is 3.04. The van der Waals surface area contributed by atoms with E-state index in [-0.39, 0.29) is 6.04 Å². The number of hydrogen-bond acceptors (Lipinski definition) is 6. The zero-order valence-corrected chi connectivity index (χ0v) is 20.4. The van der Waals surface area contributed by atoms with Crippen LogP contribution in [0.1, 0.15) is 39.2 Å². The Morgan fingerprint density at radius 1 is 1.11 bits per heavy atom. The number of benzene rings is 2. The molecule has 0 radical (unpaired) electrons. The molecule has 2 aromatic carbocycles. The van der Waals surface area contributed by atoms with Crippen LogP contribution < -0.4 is 19.9 Å². The second-order valence-electron chi connectivity index (χ2n) is 9.00. The predicted octanol–water partition coefficient (Wildman–Crippen LogP) is 4.85. The van der Waals surface area contributed by atoms with E-state index in [1.165, 1.54) is 6.42 Å². The lowest BCUT2D eigenvalue weighted by Crippen LogP contribution is -2.35. The summed E-state index contributed by atoms with van der Waals surface area (Å²) in [5.41, 5.74) is 10.7. The monoisotopic (exact) mass is 492 g/mol. The molecule has 1 saturated carbocycles. The number of fused-ring (bicyclic) bond motifs is 1. The Labute approximate surface area is 204 Å². The topological polar surface area (TPSA) is 124 Å². The fourth-order valence-electron chi connectivity index (χ4n) is 4.35. The molecular formula is C25H28N6O3S. The molecule has 4 aromatic rings. The van der Waals surface area contributed by atoms with Crippen molar-refractivity contribution in [2.75, 3.05) is 10.5 Å². The molecule has 0 saturated heterocycles. The van der Waals surface area contributed by atoms with Crippen LogP contribution in [0, 0.1) is 0 Å². The first-order valence-corrected chi connectivity index (χ1v) is 13.1. The number of hydrogen-bond donors (Lipinski definition) is 3. The van der Waals surface area contributed by atoms with Crippen LogP contribution in [0.25, 0.3) is 22.2 Å². The minimum Gasteiger partial charge on any atom is -0.437 e.